The van der Waals surface area contributed by atoms with Crippen LogP contribution >= 0.6 is 0 Å². The van der Waals surface area contributed by atoms with Crippen molar-refractivity contribution in [3.63, 3.8) is 0 Å². The van der Waals surface area contributed by atoms with Crippen LogP contribution in [0.5, 0.6) is 5.75 Å². The molecule has 0 spiro atoms. The fourth-order valence-corrected chi connectivity index (χ4v) is 3.98. The largest absolute Gasteiger partial charge is 0.496 e. The summed E-state index contributed by atoms with van der Waals surface area (Å²) in [5.74, 6) is 2.35. The molecule has 3 aromatic rings. The molecular weight excluding hydrogens is 366 g/mol. The van der Waals surface area contributed by atoms with Gasteiger partial charge in [-0.15, -0.1) is 10.2 Å². The summed E-state index contributed by atoms with van der Waals surface area (Å²) in [6.07, 6.45) is 3.99. The van der Waals surface area contributed by atoms with Crippen LogP contribution in [0.2, 0.25) is 0 Å². The number of carbonyl (C=O) groups excluding carboxylic acids is 1. The highest BCUT2D eigenvalue weighted by molar-refractivity contribution is 5.78. The number of fused-ring (bicyclic) bond motifs is 1. The molecule has 4 rings (SSSR count). The van der Waals surface area contributed by atoms with Gasteiger partial charge in [0, 0.05) is 31.3 Å². The summed E-state index contributed by atoms with van der Waals surface area (Å²) >= 11 is 0. The van der Waals surface area contributed by atoms with Crippen molar-refractivity contribution in [2.45, 2.75) is 25.3 Å². The lowest BCUT2D eigenvalue weighted by atomic mass is 9.96. The van der Waals surface area contributed by atoms with Crippen LogP contribution in [0.1, 0.15) is 30.1 Å². The highest BCUT2D eigenvalue weighted by atomic mass is 16.5. The maximum absolute atomic E-state index is 12.7. The Morgan fingerprint density at radius 1 is 1.14 bits per heavy atom. The van der Waals surface area contributed by atoms with E-state index in [0.29, 0.717) is 19.0 Å². The lowest BCUT2D eigenvalue weighted by molar-refractivity contribution is -0.131. The standard InChI is InChI=1S/C22H27N5O2/c1-25(15-18-7-3-4-8-19(18)29-2)21(28)16-26-13-10-17(11-14-26)22-24-23-20-9-5-6-12-27(20)22/h3-9,12,17H,10-11,13-16H2,1-2H3. The number of rotatable bonds is 6. The Labute approximate surface area is 170 Å². The van der Waals surface area contributed by atoms with Crippen LogP contribution in [0.25, 0.3) is 5.65 Å². The number of benzene rings is 1. The van der Waals surface area contributed by atoms with Crippen molar-refractivity contribution in [3.05, 3.63) is 60.0 Å². The number of hydrogen-bond donors (Lipinski definition) is 0. The highest BCUT2D eigenvalue weighted by Crippen LogP contribution is 2.27. The number of ether oxygens (including phenoxy) is 1. The van der Waals surface area contributed by atoms with Crippen LogP contribution in [0.4, 0.5) is 0 Å². The zero-order valence-corrected chi connectivity index (χ0v) is 17.0. The molecule has 0 radical (unpaired) electrons. The van der Waals surface area contributed by atoms with Gasteiger partial charge in [0.15, 0.2) is 5.65 Å². The summed E-state index contributed by atoms with van der Waals surface area (Å²) < 4.78 is 7.47. The number of piperidine rings is 1. The average molecular weight is 393 g/mol. The molecule has 3 heterocycles. The first kappa shape index (κ1) is 19.4. The molecule has 0 unspecified atom stereocenters. The summed E-state index contributed by atoms with van der Waals surface area (Å²) in [4.78, 5) is 16.7. The van der Waals surface area contributed by atoms with Gasteiger partial charge in [-0.3, -0.25) is 14.1 Å². The number of nitrogens with zero attached hydrogens (tertiary/aromatic N) is 5. The van der Waals surface area contributed by atoms with Crippen molar-refractivity contribution >= 4 is 11.6 Å². The van der Waals surface area contributed by atoms with Gasteiger partial charge in [0.05, 0.1) is 13.7 Å². The van der Waals surface area contributed by atoms with Crippen molar-refractivity contribution < 1.29 is 9.53 Å². The lowest BCUT2D eigenvalue weighted by Crippen LogP contribution is -2.41. The van der Waals surface area contributed by atoms with E-state index in [1.165, 1.54) is 0 Å². The zero-order chi connectivity index (χ0) is 20.2. The minimum atomic E-state index is 0.127. The molecule has 1 aliphatic heterocycles. The normalized spacial score (nSPS) is 15.5. The zero-order valence-electron chi connectivity index (χ0n) is 17.0. The molecule has 7 heteroatoms. The number of methoxy groups -OCH3 is 1. The Morgan fingerprint density at radius 2 is 1.90 bits per heavy atom. The second-order valence-electron chi connectivity index (χ2n) is 7.60. The van der Waals surface area contributed by atoms with E-state index in [9.17, 15) is 4.79 Å². The third kappa shape index (κ3) is 4.24. The van der Waals surface area contributed by atoms with E-state index in [1.807, 2.05) is 55.7 Å². The van der Waals surface area contributed by atoms with Crippen LogP contribution < -0.4 is 4.74 Å². The molecule has 0 aliphatic carbocycles. The van der Waals surface area contributed by atoms with E-state index in [-0.39, 0.29) is 5.91 Å². The van der Waals surface area contributed by atoms with Crippen molar-refractivity contribution in [1.29, 1.82) is 0 Å². The van der Waals surface area contributed by atoms with Gasteiger partial charge >= 0.3 is 0 Å². The molecule has 1 amide bonds. The molecule has 0 saturated carbocycles. The predicted molar refractivity (Wildman–Crippen MR) is 111 cm³/mol. The number of likely N-dealkylation sites (N-methyl/N-ethyl adjacent to an activating group) is 1. The van der Waals surface area contributed by atoms with Crippen molar-refractivity contribution in [2.24, 2.45) is 0 Å². The molecule has 1 saturated heterocycles. The fraction of sp³-hybridized carbons (Fsp3) is 0.409. The van der Waals surface area contributed by atoms with Crippen molar-refractivity contribution in [2.75, 3.05) is 33.8 Å². The SMILES string of the molecule is COc1ccccc1CN(C)C(=O)CN1CCC(c2nnc3ccccn23)CC1. The molecule has 7 nitrogen and oxygen atoms in total. The van der Waals surface area contributed by atoms with Crippen molar-refractivity contribution in [1.82, 2.24) is 24.4 Å². The minimum Gasteiger partial charge on any atom is -0.496 e. The number of carbonyl (C=O) groups is 1. The van der Waals surface area contributed by atoms with Crippen LogP contribution in [-0.2, 0) is 11.3 Å². The Balaban J connectivity index is 1.31. The van der Waals surface area contributed by atoms with E-state index < -0.39 is 0 Å². The van der Waals surface area contributed by atoms with Crippen LogP contribution in [-0.4, -0.2) is 64.1 Å². The van der Waals surface area contributed by atoms with Crippen LogP contribution in [0.3, 0.4) is 0 Å². The average Bonchev–Trinajstić information content (AvgIpc) is 3.19. The number of para-hydroxylation sites is 1. The van der Waals surface area contributed by atoms with Gasteiger partial charge in [0.1, 0.15) is 11.6 Å². The first-order valence-electron chi connectivity index (χ1n) is 10.0. The Morgan fingerprint density at radius 3 is 2.69 bits per heavy atom. The molecule has 0 bridgehead atoms. The Kier molecular flexibility index (Phi) is 5.76. The molecule has 29 heavy (non-hydrogen) atoms. The van der Waals surface area contributed by atoms with E-state index in [4.69, 9.17) is 4.74 Å². The van der Waals surface area contributed by atoms with Crippen LogP contribution in [0.15, 0.2) is 48.7 Å². The number of likely N-dealkylation sites (tertiary alicyclic amines) is 1. The smallest absolute Gasteiger partial charge is 0.236 e. The monoisotopic (exact) mass is 393 g/mol. The summed E-state index contributed by atoms with van der Waals surface area (Å²) in [5.41, 5.74) is 1.90. The molecule has 0 atom stereocenters. The molecule has 1 fully saturated rings. The van der Waals surface area contributed by atoms with E-state index in [2.05, 4.69) is 19.5 Å². The number of amides is 1. The quantitative estimate of drug-likeness (QED) is 0.644. The van der Waals surface area contributed by atoms with Crippen molar-refractivity contribution in [3.8, 4) is 5.75 Å². The van der Waals surface area contributed by atoms with Gasteiger partial charge < -0.3 is 9.64 Å². The van der Waals surface area contributed by atoms with E-state index >= 15 is 0 Å². The summed E-state index contributed by atoms with van der Waals surface area (Å²) in [5, 5.41) is 8.67. The van der Waals surface area contributed by atoms with Gasteiger partial charge in [-0.25, -0.2) is 0 Å². The molecular formula is C22H27N5O2. The first-order chi connectivity index (χ1) is 14.2. The van der Waals surface area contributed by atoms with E-state index in [0.717, 1.165) is 48.7 Å². The number of pyridine rings is 1. The van der Waals surface area contributed by atoms with Gasteiger partial charge in [-0.2, -0.15) is 0 Å². The maximum atomic E-state index is 12.7. The molecule has 1 aromatic carbocycles. The Hall–Kier alpha value is -2.93. The summed E-state index contributed by atoms with van der Waals surface area (Å²) in [7, 11) is 3.51. The topological polar surface area (TPSA) is 63.0 Å². The third-order valence-electron chi connectivity index (χ3n) is 5.68. The van der Waals surface area contributed by atoms with Crippen LogP contribution in [0, 0.1) is 0 Å². The lowest BCUT2D eigenvalue weighted by Gasteiger charge is -2.31. The minimum absolute atomic E-state index is 0.127. The van der Waals surface area contributed by atoms with Gasteiger partial charge in [0.25, 0.3) is 0 Å². The molecule has 0 N–H and O–H groups in total. The second kappa shape index (κ2) is 8.61. The predicted octanol–water partition coefficient (Wildman–Crippen LogP) is 2.58. The summed E-state index contributed by atoms with van der Waals surface area (Å²) in [6, 6.07) is 13.8. The number of aromatic nitrogens is 3. The fourth-order valence-electron chi connectivity index (χ4n) is 3.98. The summed E-state index contributed by atoms with van der Waals surface area (Å²) in [6.45, 7) is 2.77. The molecule has 2 aromatic heterocycles. The molecule has 152 valence electrons. The number of hydrogen-bond acceptors (Lipinski definition) is 5. The maximum Gasteiger partial charge on any atom is 0.236 e. The van der Waals surface area contributed by atoms with E-state index in [1.54, 1.807) is 12.0 Å². The third-order valence-corrected chi connectivity index (χ3v) is 5.68. The van der Waals surface area contributed by atoms with Gasteiger partial charge in [-0.05, 0) is 44.1 Å². The second-order valence-corrected chi connectivity index (χ2v) is 7.60. The van der Waals surface area contributed by atoms with Gasteiger partial charge in [0.2, 0.25) is 5.91 Å². The molecule has 1 aliphatic rings. The highest BCUT2D eigenvalue weighted by Gasteiger charge is 2.26. The Bertz CT molecular complexity index is 978. The van der Waals surface area contributed by atoms with Gasteiger partial charge in [-0.1, -0.05) is 24.3 Å². The first-order valence-corrected chi connectivity index (χ1v) is 10.0.